The molecule has 1 aliphatic rings. The van der Waals surface area contributed by atoms with Crippen LogP contribution in [0.15, 0.2) is 12.3 Å². The van der Waals surface area contributed by atoms with Crippen molar-refractivity contribution in [1.82, 2.24) is 10.3 Å². The molecule has 1 aliphatic heterocycles. The number of aromatic nitrogens is 1. The molecule has 0 unspecified atom stereocenters. The Balaban J connectivity index is 1.93. The highest BCUT2D eigenvalue weighted by Gasteiger charge is 2.18. The minimum atomic E-state index is -0.643. The summed E-state index contributed by atoms with van der Waals surface area (Å²) in [5.41, 5.74) is 2.37. The Morgan fingerprint density at radius 2 is 2.20 bits per heavy atom. The molecule has 0 aliphatic carbocycles. The number of rotatable bonds is 6. The number of nitrogens with zero attached hydrogens (tertiary/aromatic N) is 2. The van der Waals surface area contributed by atoms with Gasteiger partial charge in [-0.25, -0.2) is 4.98 Å². The third-order valence-electron chi connectivity index (χ3n) is 3.40. The summed E-state index contributed by atoms with van der Waals surface area (Å²) in [7, 11) is 1.06. The second-order valence-corrected chi connectivity index (χ2v) is 6.68. The van der Waals surface area contributed by atoms with Crippen LogP contribution in [0, 0.1) is 6.92 Å². The van der Waals surface area contributed by atoms with Gasteiger partial charge in [0.15, 0.2) is 0 Å². The zero-order valence-electron chi connectivity index (χ0n) is 12.2. The van der Waals surface area contributed by atoms with Crippen molar-refractivity contribution in [2.24, 2.45) is 0 Å². The van der Waals surface area contributed by atoms with Crippen LogP contribution < -0.4 is 10.2 Å². The molecule has 1 aromatic rings. The largest absolute Gasteiger partial charge is 0.383 e. The summed E-state index contributed by atoms with van der Waals surface area (Å²) in [6.45, 7) is 6.14. The van der Waals surface area contributed by atoms with Crippen LogP contribution in [0.4, 0.5) is 5.82 Å². The predicted octanol–water partition coefficient (Wildman–Crippen LogP) is 0.695. The molecule has 5 nitrogen and oxygen atoms in total. The van der Waals surface area contributed by atoms with E-state index < -0.39 is 10.8 Å². The standard InChI is InChI=1S/C14H23N3O2S/c1-12-9-13(10-15-3-6-19-2)11-16-14(12)17-4-7-20(18)8-5-17/h9,11,15H,3-8,10H2,1-2H3. The molecule has 0 spiro atoms. The number of aryl methyl sites for hydroxylation is 1. The van der Waals surface area contributed by atoms with E-state index in [1.54, 1.807) is 7.11 Å². The van der Waals surface area contributed by atoms with Crippen molar-refractivity contribution >= 4 is 16.6 Å². The smallest absolute Gasteiger partial charge is 0.131 e. The van der Waals surface area contributed by atoms with Crippen molar-refractivity contribution in [2.75, 3.05) is 49.8 Å². The van der Waals surface area contributed by atoms with Gasteiger partial charge in [-0.15, -0.1) is 0 Å². The van der Waals surface area contributed by atoms with Crippen molar-refractivity contribution in [2.45, 2.75) is 13.5 Å². The van der Waals surface area contributed by atoms with Crippen LogP contribution in [0.25, 0.3) is 0 Å². The predicted molar refractivity (Wildman–Crippen MR) is 82.6 cm³/mol. The van der Waals surface area contributed by atoms with Gasteiger partial charge in [0, 0.05) is 61.8 Å². The Labute approximate surface area is 123 Å². The molecule has 1 saturated heterocycles. The first-order valence-electron chi connectivity index (χ1n) is 6.96. The van der Waals surface area contributed by atoms with Crippen LogP contribution in [0.1, 0.15) is 11.1 Å². The number of hydrogen-bond acceptors (Lipinski definition) is 5. The van der Waals surface area contributed by atoms with Crippen LogP contribution in [-0.2, 0) is 22.1 Å². The number of ether oxygens (including phenoxy) is 1. The second-order valence-electron chi connectivity index (χ2n) is 4.99. The highest BCUT2D eigenvalue weighted by Crippen LogP contribution is 2.19. The fourth-order valence-corrected chi connectivity index (χ4v) is 3.36. The molecule has 2 rings (SSSR count). The molecule has 0 amide bonds. The number of nitrogens with one attached hydrogen (secondary N) is 1. The number of pyridine rings is 1. The summed E-state index contributed by atoms with van der Waals surface area (Å²) in [5.74, 6) is 2.53. The Hall–Kier alpha value is -0.980. The summed E-state index contributed by atoms with van der Waals surface area (Å²) < 4.78 is 16.4. The van der Waals surface area contributed by atoms with E-state index in [-0.39, 0.29) is 0 Å². The molecule has 0 bridgehead atoms. The minimum Gasteiger partial charge on any atom is -0.383 e. The molecule has 0 saturated carbocycles. The van der Waals surface area contributed by atoms with Gasteiger partial charge in [0.2, 0.25) is 0 Å². The van der Waals surface area contributed by atoms with Crippen LogP contribution in [0.3, 0.4) is 0 Å². The fourth-order valence-electron chi connectivity index (χ4n) is 2.31. The molecule has 112 valence electrons. The molecule has 6 heteroatoms. The fraction of sp³-hybridized carbons (Fsp3) is 0.643. The lowest BCUT2D eigenvalue weighted by molar-refractivity contribution is 0.199. The third-order valence-corrected chi connectivity index (χ3v) is 4.67. The normalized spacial score (nSPS) is 16.6. The quantitative estimate of drug-likeness (QED) is 0.783. The van der Waals surface area contributed by atoms with Crippen LogP contribution in [0.2, 0.25) is 0 Å². The lowest BCUT2D eigenvalue weighted by Gasteiger charge is -2.28. The van der Waals surface area contributed by atoms with Crippen LogP contribution in [-0.4, -0.2) is 54.0 Å². The second kappa shape index (κ2) is 7.71. The van der Waals surface area contributed by atoms with Crippen LogP contribution >= 0.6 is 0 Å². The van der Waals surface area contributed by atoms with Crippen molar-refractivity contribution in [3.63, 3.8) is 0 Å². The van der Waals surface area contributed by atoms with E-state index >= 15 is 0 Å². The number of anilines is 1. The Morgan fingerprint density at radius 1 is 1.45 bits per heavy atom. The minimum absolute atomic E-state index is 0.643. The zero-order valence-corrected chi connectivity index (χ0v) is 13.0. The SMILES string of the molecule is COCCNCc1cnc(N2CCS(=O)CC2)c(C)c1. The monoisotopic (exact) mass is 297 g/mol. The lowest BCUT2D eigenvalue weighted by atomic mass is 10.2. The molecule has 1 aromatic heterocycles. The van der Waals surface area contributed by atoms with Gasteiger partial charge < -0.3 is 15.0 Å². The summed E-state index contributed by atoms with van der Waals surface area (Å²) in [5, 5.41) is 3.32. The molecule has 0 aromatic carbocycles. The van der Waals surface area contributed by atoms with E-state index in [4.69, 9.17) is 4.74 Å². The van der Waals surface area contributed by atoms with Crippen LogP contribution in [0.5, 0.6) is 0 Å². The Morgan fingerprint density at radius 3 is 2.85 bits per heavy atom. The summed E-state index contributed by atoms with van der Waals surface area (Å²) in [4.78, 5) is 6.82. The van der Waals surface area contributed by atoms with E-state index in [0.29, 0.717) is 0 Å². The van der Waals surface area contributed by atoms with Crippen molar-refractivity contribution in [3.8, 4) is 0 Å². The molecule has 0 atom stereocenters. The first-order chi connectivity index (χ1) is 9.70. The van der Waals surface area contributed by atoms with Crippen molar-refractivity contribution < 1.29 is 8.95 Å². The summed E-state index contributed by atoms with van der Waals surface area (Å²) >= 11 is 0. The number of hydrogen-bond donors (Lipinski definition) is 1. The third kappa shape index (κ3) is 4.26. The maximum atomic E-state index is 11.4. The molecular weight excluding hydrogens is 274 g/mol. The van der Waals surface area contributed by atoms with Gasteiger partial charge in [-0.1, -0.05) is 0 Å². The Bertz CT molecular complexity index is 458. The topological polar surface area (TPSA) is 54.5 Å². The molecule has 2 heterocycles. The van der Waals surface area contributed by atoms with E-state index in [1.165, 1.54) is 11.1 Å². The average molecular weight is 297 g/mol. The van der Waals surface area contributed by atoms with Gasteiger partial charge in [0.05, 0.1) is 6.61 Å². The van der Waals surface area contributed by atoms with Gasteiger partial charge in [-0.05, 0) is 24.1 Å². The lowest BCUT2D eigenvalue weighted by Crippen LogP contribution is -2.38. The molecule has 1 N–H and O–H groups in total. The first kappa shape index (κ1) is 15.4. The highest BCUT2D eigenvalue weighted by atomic mass is 32.2. The van der Waals surface area contributed by atoms with E-state index in [0.717, 1.165) is 50.1 Å². The zero-order chi connectivity index (χ0) is 14.4. The van der Waals surface area contributed by atoms with Crippen molar-refractivity contribution in [1.29, 1.82) is 0 Å². The van der Waals surface area contributed by atoms with E-state index in [1.807, 2.05) is 6.20 Å². The molecule has 0 radical (unpaired) electrons. The van der Waals surface area contributed by atoms with Gasteiger partial charge in [0.1, 0.15) is 5.82 Å². The van der Waals surface area contributed by atoms with E-state index in [9.17, 15) is 4.21 Å². The van der Waals surface area contributed by atoms with Gasteiger partial charge in [-0.3, -0.25) is 4.21 Å². The average Bonchev–Trinajstić information content (AvgIpc) is 2.45. The summed E-state index contributed by atoms with van der Waals surface area (Å²) in [6.07, 6.45) is 1.92. The molecule has 1 fully saturated rings. The number of methoxy groups -OCH3 is 1. The maximum absolute atomic E-state index is 11.4. The first-order valence-corrected chi connectivity index (χ1v) is 8.44. The van der Waals surface area contributed by atoms with Gasteiger partial charge in [-0.2, -0.15) is 0 Å². The Kier molecular flexibility index (Phi) is 5.94. The molecule has 20 heavy (non-hydrogen) atoms. The van der Waals surface area contributed by atoms with Gasteiger partial charge in [0.25, 0.3) is 0 Å². The molecular formula is C14H23N3O2S. The van der Waals surface area contributed by atoms with E-state index in [2.05, 4.69) is 28.2 Å². The van der Waals surface area contributed by atoms with Crippen molar-refractivity contribution in [3.05, 3.63) is 23.4 Å². The maximum Gasteiger partial charge on any atom is 0.131 e. The van der Waals surface area contributed by atoms with Gasteiger partial charge >= 0.3 is 0 Å². The summed E-state index contributed by atoms with van der Waals surface area (Å²) in [6, 6.07) is 2.17. The highest BCUT2D eigenvalue weighted by molar-refractivity contribution is 7.85.